The molecule has 0 aliphatic rings. The molecular weight excluding hydrogens is 257 g/mol. The molecule has 2 heterocycles. The van der Waals surface area contributed by atoms with Crippen molar-refractivity contribution in [3.63, 3.8) is 0 Å². The zero-order valence-corrected chi connectivity index (χ0v) is 9.73. The lowest BCUT2D eigenvalue weighted by atomic mass is 10.1. The lowest BCUT2D eigenvalue weighted by Gasteiger charge is -2.08. The van der Waals surface area contributed by atoms with Crippen molar-refractivity contribution in [2.24, 2.45) is 0 Å². The normalized spacial score (nSPS) is 12.6. The van der Waals surface area contributed by atoms with E-state index >= 15 is 0 Å². The number of hydrogen-bond donors (Lipinski definition) is 0. The third kappa shape index (κ3) is 2.09. The fraction of sp³-hybridized carbons (Fsp3) is 0.400. The van der Waals surface area contributed by atoms with E-state index in [-0.39, 0.29) is 22.1 Å². The fourth-order valence-corrected chi connectivity index (χ4v) is 1.68. The summed E-state index contributed by atoms with van der Waals surface area (Å²) in [4.78, 5) is 7.33. The van der Waals surface area contributed by atoms with E-state index in [2.05, 4.69) is 9.97 Å². The standard InChI is InChI=1S/C10H8ClF3N2O/c1-4(2)8-6(10(12,13)14)7-9(17-8)15-3-5(11)16-7/h3-4H,1-2H3. The quantitative estimate of drug-likeness (QED) is 0.781. The van der Waals surface area contributed by atoms with Gasteiger partial charge in [0.2, 0.25) is 5.71 Å². The van der Waals surface area contributed by atoms with Gasteiger partial charge in [0.15, 0.2) is 0 Å². The number of halogens is 4. The minimum absolute atomic E-state index is 0.0980. The summed E-state index contributed by atoms with van der Waals surface area (Å²) in [5.41, 5.74) is -1.38. The van der Waals surface area contributed by atoms with Crippen LogP contribution < -0.4 is 0 Å². The molecule has 17 heavy (non-hydrogen) atoms. The number of furan rings is 1. The molecule has 0 saturated carbocycles. The average Bonchev–Trinajstić information content (AvgIpc) is 2.55. The smallest absolute Gasteiger partial charge is 0.421 e. The molecule has 92 valence electrons. The molecule has 0 aliphatic carbocycles. The van der Waals surface area contributed by atoms with Crippen LogP contribution in [0, 0.1) is 0 Å². The van der Waals surface area contributed by atoms with E-state index in [0.717, 1.165) is 6.20 Å². The first-order valence-corrected chi connectivity index (χ1v) is 5.20. The minimum Gasteiger partial charge on any atom is -0.441 e. The number of hydrogen-bond acceptors (Lipinski definition) is 3. The topological polar surface area (TPSA) is 38.9 Å². The van der Waals surface area contributed by atoms with Crippen molar-refractivity contribution >= 4 is 22.8 Å². The Bertz CT molecular complexity index is 562. The summed E-state index contributed by atoms with van der Waals surface area (Å²) in [7, 11) is 0. The molecule has 0 atom stereocenters. The molecular formula is C10H8ClF3N2O. The van der Waals surface area contributed by atoms with Gasteiger partial charge in [0, 0.05) is 5.92 Å². The second-order valence-electron chi connectivity index (χ2n) is 3.84. The Labute approximate surface area is 99.6 Å². The summed E-state index contributed by atoms with van der Waals surface area (Å²) in [5, 5.41) is -0.0980. The van der Waals surface area contributed by atoms with Crippen molar-refractivity contribution in [3.8, 4) is 0 Å². The molecule has 0 bridgehead atoms. The number of rotatable bonds is 1. The van der Waals surface area contributed by atoms with E-state index in [0.29, 0.717) is 0 Å². The van der Waals surface area contributed by atoms with Crippen molar-refractivity contribution in [1.29, 1.82) is 0 Å². The molecule has 0 unspecified atom stereocenters. The maximum atomic E-state index is 12.9. The molecule has 2 rings (SSSR count). The van der Waals surface area contributed by atoms with E-state index in [9.17, 15) is 13.2 Å². The maximum Gasteiger partial charge on any atom is 0.421 e. The summed E-state index contributed by atoms with van der Waals surface area (Å²) >= 11 is 5.55. The predicted octanol–water partition coefficient (Wildman–Crippen LogP) is 4.02. The molecule has 0 spiro atoms. The molecule has 7 heteroatoms. The van der Waals surface area contributed by atoms with Gasteiger partial charge in [-0.3, -0.25) is 0 Å². The number of alkyl halides is 3. The Hall–Kier alpha value is -1.30. The van der Waals surface area contributed by atoms with Crippen LogP contribution in [0.3, 0.4) is 0 Å². The Kier molecular flexibility index (Phi) is 2.77. The summed E-state index contributed by atoms with van der Waals surface area (Å²) in [6.45, 7) is 3.21. The molecule has 2 aromatic rings. The second-order valence-corrected chi connectivity index (χ2v) is 4.23. The first-order chi connectivity index (χ1) is 7.80. The van der Waals surface area contributed by atoms with Crippen LogP contribution in [0.15, 0.2) is 10.6 Å². The number of fused-ring (bicyclic) bond motifs is 1. The van der Waals surface area contributed by atoms with Crippen LogP contribution in [0.2, 0.25) is 5.15 Å². The van der Waals surface area contributed by atoms with Crippen LogP contribution in [0.1, 0.15) is 31.1 Å². The van der Waals surface area contributed by atoms with E-state index in [1.165, 1.54) is 0 Å². The monoisotopic (exact) mass is 264 g/mol. The van der Waals surface area contributed by atoms with Crippen molar-refractivity contribution in [3.05, 3.63) is 22.7 Å². The van der Waals surface area contributed by atoms with Gasteiger partial charge in [-0.15, -0.1) is 0 Å². The molecule has 0 fully saturated rings. The molecule has 0 aromatic carbocycles. The van der Waals surface area contributed by atoms with Gasteiger partial charge >= 0.3 is 6.18 Å². The highest BCUT2D eigenvalue weighted by Gasteiger charge is 2.40. The zero-order chi connectivity index (χ0) is 12.8. The van der Waals surface area contributed by atoms with Crippen LogP contribution in [-0.4, -0.2) is 9.97 Å². The molecule has 0 amide bonds. The van der Waals surface area contributed by atoms with Crippen LogP contribution in [0.5, 0.6) is 0 Å². The Morgan fingerprint density at radius 2 is 2.00 bits per heavy atom. The van der Waals surface area contributed by atoms with Gasteiger partial charge < -0.3 is 4.42 Å². The minimum atomic E-state index is -4.54. The third-order valence-electron chi connectivity index (χ3n) is 2.21. The zero-order valence-electron chi connectivity index (χ0n) is 8.97. The Morgan fingerprint density at radius 3 is 2.53 bits per heavy atom. The molecule has 0 aliphatic heterocycles. The first-order valence-electron chi connectivity index (χ1n) is 4.83. The molecule has 2 aromatic heterocycles. The molecule has 0 saturated heterocycles. The SMILES string of the molecule is CC(C)c1oc2ncc(Cl)nc2c1C(F)(F)F. The first kappa shape index (κ1) is 12.2. The van der Waals surface area contributed by atoms with Crippen molar-refractivity contribution < 1.29 is 17.6 Å². The third-order valence-corrected chi connectivity index (χ3v) is 2.39. The van der Waals surface area contributed by atoms with Crippen LogP contribution in [-0.2, 0) is 6.18 Å². The van der Waals surface area contributed by atoms with E-state index in [1.807, 2.05) is 0 Å². The summed E-state index contributed by atoms with van der Waals surface area (Å²) in [6.07, 6.45) is -3.39. The summed E-state index contributed by atoms with van der Waals surface area (Å²) in [5.74, 6) is -0.587. The van der Waals surface area contributed by atoms with Gasteiger partial charge in [-0.2, -0.15) is 13.2 Å². The highest BCUT2D eigenvalue weighted by Crippen LogP contribution is 2.40. The highest BCUT2D eigenvalue weighted by molar-refractivity contribution is 6.29. The highest BCUT2D eigenvalue weighted by atomic mass is 35.5. The fourth-order valence-electron chi connectivity index (χ4n) is 1.55. The van der Waals surface area contributed by atoms with Gasteiger partial charge in [-0.1, -0.05) is 25.4 Å². The van der Waals surface area contributed by atoms with Crippen molar-refractivity contribution in [2.45, 2.75) is 25.9 Å². The van der Waals surface area contributed by atoms with E-state index in [1.54, 1.807) is 13.8 Å². The van der Waals surface area contributed by atoms with Crippen molar-refractivity contribution in [2.75, 3.05) is 0 Å². The van der Waals surface area contributed by atoms with Gasteiger partial charge in [-0.05, 0) is 0 Å². The van der Waals surface area contributed by atoms with Gasteiger partial charge in [0.05, 0.1) is 6.20 Å². The maximum absolute atomic E-state index is 12.9. The lowest BCUT2D eigenvalue weighted by molar-refractivity contribution is -0.137. The predicted molar refractivity (Wildman–Crippen MR) is 55.9 cm³/mol. The average molecular weight is 265 g/mol. The Morgan fingerprint density at radius 1 is 1.35 bits per heavy atom. The molecule has 0 N–H and O–H groups in total. The number of aromatic nitrogens is 2. The van der Waals surface area contributed by atoms with Crippen LogP contribution in [0.25, 0.3) is 11.2 Å². The van der Waals surface area contributed by atoms with Crippen LogP contribution >= 0.6 is 11.6 Å². The molecule has 3 nitrogen and oxygen atoms in total. The van der Waals surface area contributed by atoms with E-state index < -0.39 is 17.7 Å². The molecule has 0 radical (unpaired) electrons. The Balaban J connectivity index is 2.83. The van der Waals surface area contributed by atoms with Gasteiger partial charge in [0.25, 0.3) is 0 Å². The summed E-state index contributed by atoms with van der Waals surface area (Å²) in [6, 6.07) is 0. The lowest BCUT2D eigenvalue weighted by Crippen LogP contribution is -2.08. The van der Waals surface area contributed by atoms with Gasteiger partial charge in [0.1, 0.15) is 22.0 Å². The summed E-state index contributed by atoms with van der Waals surface area (Å²) < 4.78 is 43.9. The van der Waals surface area contributed by atoms with Gasteiger partial charge in [-0.25, -0.2) is 9.97 Å². The number of nitrogens with zero attached hydrogens (tertiary/aromatic N) is 2. The van der Waals surface area contributed by atoms with Crippen molar-refractivity contribution in [1.82, 2.24) is 9.97 Å². The van der Waals surface area contributed by atoms with Crippen LogP contribution in [0.4, 0.5) is 13.2 Å². The van der Waals surface area contributed by atoms with E-state index in [4.69, 9.17) is 16.0 Å². The largest absolute Gasteiger partial charge is 0.441 e. The second kappa shape index (κ2) is 3.87.